The van der Waals surface area contributed by atoms with Crippen molar-refractivity contribution < 1.29 is 14.7 Å². The second-order valence-corrected chi connectivity index (χ2v) is 7.98. The Bertz CT molecular complexity index is 808. The maximum atomic E-state index is 12.7. The van der Waals surface area contributed by atoms with E-state index < -0.39 is 12.0 Å². The summed E-state index contributed by atoms with van der Waals surface area (Å²) in [4.78, 5) is 24.6. The first-order chi connectivity index (χ1) is 12.3. The molecule has 0 heterocycles. The highest BCUT2D eigenvalue weighted by molar-refractivity contribution is 5.88. The summed E-state index contributed by atoms with van der Waals surface area (Å²) in [6.45, 7) is 6.12. The largest absolute Gasteiger partial charge is 0.479 e. The van der Waals surface area contributed by atoms with E-state index in [4.69, 9.17) is 0 Å². The first-order valence-electron chi connectivity index (χ1n) is 8.96. The van der Waals surface area contributed by atoms with Gasteiger partial charge in [-0.2, -0.15) is 0 Å². The Labute approximate surface area is 154 Å². The van der Waals surface area contributed by atoms with E-state index in [9.17, 15) is 14.7 Å². The van der Waals surface area contributed by atoms with Crippen LogP contribution in [0.3, 0.4) is 0 Å². The minimum absolute atomic E-state index is 0.152. The van der Waals surface area contributed by atoms with Crippen molar-refractivity contribution in [1.82, 2.24) is 5.32 Å². The molecule has 0 spiro atoms. The van der Waals surface area contributed by atoms with Crippen LogP contribution in [0.25, 0.3) is 0 Å². The number of nitrogens with one attached hydrogen (secondary N) is 1. The van der Waals surface area contributed by atoms with Crippen LogP contribution in [0.2, 0.25) is 0 Å². The summed E-state index contributed by atoms with van der Waals surface area (Å²) in [6, 6.07) is 16.3. The molecule has 1 saturated carbocycles. The van der Waals surface area contributed by atoms with Crippen molar-refractivity contribution >= 4 is 11.9 Å². The first kappa shape index (κ1) is 18.2. The van der Waals surface area contributed by atoms with Gasteiger partial charge in [0.15, 0.2) is 6.04 Å². The summed E-state index contributed by atoms with van der Waals surface area (Å²) in [6.07, 6.45) is 0.767. The van der Waals surface area contributed by atoms with Crippen LogP contribution < -0.4 is 5.32 Å². The molecule has 3 rings (SSSR count). The fourth-order valence-electron chi connectivity index (χ4n) is 3.51. The van der Waals surface area contributed by atoms with Gasteiger partial charge in [0.2, 0.25) is 5.91 Å². The standard InChI is InChI=1S/C22H25NO3/c1-22(2,3)18-12-8-7-11-15(18)19(21(25)26)23-20(24)17-13-16(17)14-9-5-4-6-10-14/h4-12,16-17,19H,13H2,1-3H3,(H,23,24)(H,25,26)/t16?,17-,19+/m1/s1. The highest BCUT2D eigenvalue weighted by Crippen LogP contribution is 2.47. The van der Waals surface area contributed by atoms with Gasteiger partial charge in [-0.1, -0.05) is 75.4 Å². The van der Waals surface area contributed by atoms with Gasteiger partial charge in [-0.15, -0.1) is 0 Å². The second-order valence-electron chi connectivity index (χ2n) is 7.98. The Hall–Kier alpha value is -2.62. The molecule has 1 amide bonds. The van der Waals surface area contributed by atoms with Gasteiger partial charge in [0.1, 0.15) is 0 Å². The van der Waals surface area contributed by atoms with E-state index in [2.05, 4.69) is 5.32 Å². The molecule has 1 aliphatic carbocycles. The summed E-state index contributed by atoms with van der Waals surface area (Å²) < 4.78 is 0. The summed E-state index contributed by atoms with van der Waals surface area (Å²) in [5.74, 6) is -1.19. The quantitative estimate of drug-likeness (QED) is 0.855. The third-order valence-electron chi connectivity index (χ3n) is 4.97. The normalized spacial score (nSPS) is 20.3. The lowest BCUT2D eigenvalue weighted by atomic mass is 9.81. The van der Waals surface area contributed by atoms with Gasteiger partial charge < -0.3 is 10.4 Å². The predicted molar refractivity (Wildman–Crippen MR) is 101 cm³/mol. The Morgan fingerprint density at radius 2 is 1.65 bits per heavy atom. The van der Waals surface area contributed by atoms with Crippen molar-refractivity contribution in [1.29, 1.82) is 0 Å². The number of carbonyl (C=O) groups excluding carboxylic acids is 1. The minimum atomic E-state index is -1.04. The Balaban J connectivity index is 1.79. The molecule has 2 aromatic rings. The SMILES string of the molecule is CC(C)(C)c1ccccc1[C@H](NC(=O)[C@@H]1CC1c1ccccc1)C(=O)O. The van der Waals surface area contributed by atoms with Crippen molar-refractivity contribution in [3.05, 3.63) is 71.3 Å². The van der Waals surface area contributed by atoms with Gasteiger partial charge in [-0.25, -0.2) is 4.79 Å². The number of carboxylic acid groups (broad SMARTS) is 1. The Kier molecular flexibility index (Phi) is 4.86. The molecule has 1 fully saturated rings. The Morgan fingerprint density at radius 1 is 1.04 bits per heavy atom. The van der Waals surface area contributed by atoms with Crippen LogP contribution in [-0.2, 0) is 15.0 Å². The zero-order valence-electron chi connectivity index (χ0n) is 15.4. The van der Waals surface area contributed by atoms with E-state index in [1.807, 2.05) is 69.3 Å². The van der Waals surface area contributed by atoms with E-state index >= 15 is 0 Å². The highest BCUT2D eigenvalue weighted by Gasteiger charge is 2.45. The van der Waals surface area contributed by atoms with Crippen LogP contribution in [0.5, 0.6) is 0 Å². The molecule has 2 aromatic carbocycles. The smallest absolute Gasteiger partial charge is 0.330 e. The van der Waals surface area contributed by atoms with E-state index in [0.717, 1.165) is 17.5 Å². The minimum Gasteiger partial charge on any atom is -0.479 e. The fraction of sp³-hybridized carbons (Fsp3) is 0.364. The average molecular weight is 351 g/mol. The number of benzene rings is 2. The average Bonchev–Trinajstić information content (AvgIpc) is 3.40. The first-order valence-corrected chi connectivity index (χ1v) is 8.96. The molecular weight excluding hydrogens is 326 g/mol. The van der Waals surface area contributed by atoms with Crippen molar-refractivity contribution in [3.63, 3.8) is 0 Å². The maximum Gasteiger partial charge on any atom is 0.330 e. The zero-order chi connectivity index (χ0) is 18.9. The van der Waals surface area contributed by atoms with Crippen molar-refractivity contribution in [3.8, 4) is 0 Å². The lowest BCUT2D eigenvalue weighted by Crippen LogP contribution is -2.36. The number of hydrogen-bond acceptors (Lipinski definition) is 2. The van der Waals surface area contributed by atoms with Crippen molar-refractivity contribution in [2.75, 3.05) is 0 Å². The number of aliphatic carboxylic acids is 1. The Morgan fingerprint density at radius 3 is 2.27 bits per heavy atom. The summed E-state index contributed by atoms with van der Waals surface area (Å²) in [5, 5.41) is 12.5. The van der Waals surface area contributed by atoms with Gasteiger partial charge in [0.05, 0.1) is 0 Å². The molecule has 2 N–H and O–H groups in total. The maximum absolute atomic E-state index is 12.7. The number of amides is 1. The topological polar surface area (TPSA) is 66.4 Å². The van der Waals surface area contributed by atoms with Gasteiger partial charge in [-0.3, -0.25) is 4.79 Å². The summed E-state index contributed by atoms with van der Waals surface area (Å²) >= 11 is 0. The predicted octanol–water partition coefficient (Wildman–Crippen LogP) is 4.03. The van der Waals surface area contributed by atoms with Crippen LogP contribution in [-0.4, -0.2) is 17.0 Å². The van der Waals surface area contributed by atoms with E-state index in [1.165, 1.54) is 0 Å². The molecule has 0 bridgehead atoms. The fourth-order valence-corrected chi connectivity index (χ4v) is 3.51. The van der Waals surface area contributed by atoms with Gasteiger partial charge in [0.25, 0.3) is 0 Å². The lowest BCUT2D eigenvalue weighted by Gasteiger charge is -2.26. The molecular formula is C22H25NO3. The molecule has 4 nitrogen and oxygen atoms in total. The van der Waals surface area contributed by atoms with Crippen molar-refractivity contribution in [2.24, 2.45) is 5.92 Å². The number of hydrogen-bond donors (Lipinski definition) is 2. The number of carboxylic acids is 1. The van der Waals surface area contributed by atoms with Gasteiger partial charge in [0, 0.05) is 5.92 Å². The zero-order valence-corrected chi connectivity index (χ0v) is 15.4. The summed E-state index contributed by atoms with van der Waals surface area (Å²) in [7, 11) is 0. The lowest BCUT2D eigenvalue weighted by molar-refractivity contribution is -0.142. The third-order valence-corrected chi connectivity index (χ3v) is 4.97. The van der Waals surface area contributed by atoms with Crippen LogP contribution in [0.15, 0.2) is 54.6 Å². The van der Waals surface area contributed by atoms with Crippen LogP contribution in [0.1, 0.15) is 55.8 Å². The van der Waals surface area contributed by atoms with Crippen LogP contribution in [0, 0.1) is 5.92 Å². The number of carbonyl (C=O) groups is 2. The number of rotatable bonds is 5. The second kappa shape index (κ2) is 6.94. The monoisotopic (exact) mass is 351 g/mol. The molecule has 3 atom stereocenters. The molecule has 1 unspecified atom stereocenters. The highest BCUT2D eigenvalue weighted by atomic mass is 16.4. The van der Waals surface area contributed by atoms with E-state index in [-0.39, 0.29) is 23.2 Å². The van der Waals surface area contributed by atoms with Gasteiger partial charge >= 0.3 is 5.97 Å². The molecule has 4 heteroatoms. The summed E-state index contributed by atoms with van der Waals surface area (Å²) in [5.41, 5.74) is 2.51. The van der Waals surface area contributed by atoms with E-state index in [0.29, 0.717) is 5.56 Å². The van der Waals surface area contributed by atoms with Crippen molar-refractivity contribution in [2.45, 2.75) is 44.6 Å². The van der Waals surface area contributed by atoms with E-state index in [1.54, 1.807) is 6.07 Å². The molecule has 1 aliphatic rings. The molecule has 0 aromatic heterocycles. The molecule has 0 saturated heterocycles. The third kappa shape index (κ3) is 3.79. The molecule has 0 aliphatic heterocycles. The van der Waals surface area contributed by atoms with Crippen LogP contribution >= 0.6 is 0 Å². The molecule has 136 valence electrons. The van der Waals surface area contributed by atoms with Gasteiger partial charge in [-0.05, 0) is 34.4 Å². The molecule has 0 radical (unpaired) electrons. The van der Waals surface area contributed by atoms with Crippen LogP contribution in [0.4, 0.5) is 0 Å². The molecule has 26 heavy (non-hydrogen) atoms.